The minimum atomic E-state index is -0.657. The molecule has 184 valence electrons. The minimum Gasteiger partial charge on any atom is -0.497 e. The second-order valence-electron chi connectivity index (χ2n) is 7.29. The molecular weight excluding hydrogens is 458 g/mol. The lowest BCUT2D eigenvalue weighted by Crippen LogP contribution is -2.24. The molecular formula is C24H25N3O8. The second kappa shape index (κ2) is 11.5. The molecule has 0 unspecified atom stereocenters. The maximum Gasteiger partial charge on any atom is 0.296 e. The van der Waals surface area contributed by atoms with Gasteiger partial charge in [-0.1, -0.05) is 0 Å². The summed E-state index contributed by atoms with van der Waals surface area (Å²) in [6.45, 7) is 1.94. The van der Waals surface area contributed by atoms with Crippen molar-refractivity contribution in [2.24, 2.45) is 0 Å². The standard InChI is InChI=1S/C24H25N3O8/c1-16-24(35-15-23(29)25-20-9-8-19(33-3)14-21(20)27(30)31)22(28)10-11-26(16)12-13-34-18-6-4-17(32-2)5-7-18/h4-11,14H,12-13,15H2,1-3H3,(H,25,29). The van der Waals surface area contributed by atoms with Gasteiger partial charge in [0.25, 0.3) is 11.6 Å². The predicted octanol–water partition coefficient (Wildman–Crippen LogP) is 3.18. The van der Waals surface area contributed by atoms with Crippen LogP contribution in [0.2, 0.25) is 0 Å². The van der Waals surface area contributed by atoms with Crippen molar-refractivity contribution in [1.82, 2.24) is 4.57 Å². The monoisotopic (exact) mass is 483 g/mol. The molecule has 3 rings (SSSR count). The molecule has 0 radical (unpaired) electrons. The van der Waals surface area contributed by atoms with E-state index >= 15 is 0 Å². The first-order valence-corrected chi connectivity index (χ1v) is 10.5. The van der Waals surface area contributed by atoms with Gasteiger partial charge in [0.1, 0.15) is 29.5 Å². The molecule has 11 nitrogen and oxygen atoms in total. The first-order chi connectivity index (χ1) is 16.8. The van der Waals surface area contributed by atoms with Gasteiger partial charge in [-0.2, -0.15) is 0 Å². The van der Waals surface area contributed by atoms with E-state index in [-0.39, 0.29) is 22.9 Å². The highest BCUT2D eigenvalue weighted by Gasteiger charge is 2.18. The van der Waals surface area contributed by atoms with Crippen molar-refractivity contribution in [2.45, 2.75) is 13.5 Å². The molecule has 35 heavy (non-hydrogen) atoms. The lowest BCUT2D eigenvalue weighted by atomic mass is 10.2. The molecule has 3 aromatic rings. The number of hydrogen-bond donors (Lipinski definition) is 1. The third-order valence-corrected chi connectivity index (χ3v) is 5.07. The van der Waals surface area contributed by atoms with E-state index in [2.05, 4.69) is 5.32 Å². The molecule has 0 spiro atoms. The van der Waals surface area contributed by atoms with Crippen molar-refractivity contribution in [3.63, 3.8) is 0 Å². The first-order valence-electron chi connectivity index (χ1n) is 10.5. The first kappa shape index (κ1) is 25.1. The molecule has 2 aromatic carbocycles. The number of nitrogens with zero attached hydrogens (tertiary/aromatic N) is 2. The Morgan fingerprint density at radius 1 is 1.00 bits per heavy atom. The van der Waals surface area contributed by atoms with Crippen molar-refractivity contribution in [1.29, 1.82) is 0 Å². The molecule has 0 aliphatic carbocycles. The van der Waals surface area contributed by atoms with Gasteiger partial charge in [0.15, 0.2) is 12.4 Å². The molecule has 0 saturated heterocycles. The zero-order valence-electron chi connectivity index (χ0n) is 19.5. The zero-order valence-corrected chi connectivity index (χ0v) is 19.5. The van der Waals surface area contributed by atoms with Crippen LogP contribution in [0.3, 0.4) is 0 Å². The molecule has 0 aliphatic rings. The fourth-order valence-corrected chi connectivity index (χ4v) is 3.22. The average Bonchev–Trinajstić information content (AvgIpc) is 2.85. The Kier molecular flexibility index (Phi) is 8.28. The Morgan fingerprint density at radius 2 is 1.66 bits per heavy atom. The van der Waals surface area contributed by atoms with Gasteiger partial charge >= 0.3 is 0 Å². The van der Waals surface area contributed by atoms with Crippen LogP contribution in [-0.2, 0) is 11.3 Å². The topological polar surface area (TPSA) is 131 Å². The highest BCUT2D eigenvalue weighted by atomic mass is 16.6. The van der Waals surface area contributed by atoms with Gasteiger partial charge in [0, 0.05) is 12.3 Å². The van der Waals surface area contributed by atoms with E-state index < -0.39 is 22.9 Å². The van der Waals surface area contributed by atoms with Crippen LogP contribution in [0.25, 0.3) is 0 Å². The summed E-state index contributed by atoms with van der Waals surface area (Å²) < 4.78 is 23.1. The van der Waals surface area contributed by atoms with Crippen LogP contribution >= 0.6 is 0 Å². The Morgan fingerprint density at radius 3 is 2.31 bits per heavy atom. The third-order valence-electron chi connectivity index (χ3n) is 5.07. The van der Waals surface area contributed by atoms with Gasteiger partial charge in [0.05, 0.1) is 37.4 Å². The van der Waals surface area contributed by atoms with E-state index in [1.807, 2.05) is 0 Å². The molecule has 0 atom stereocenters. The number of aromatic nitrogens is 1. The van der Waals surface area contributed by atoms with Crippen LogP contribution in [0.4, 0.5) is 11.4 Å². The SMILES string of the molecule is COc1ccc(OCCn2ccc(=O)c(OCC(=O)Nc3ccc(OC)cc3[N+](=O)[O-])c2C)cc1. The van der Waals surface area contributed by atoms with Gasteiger partial charge in [-0.25, -0.2) is 0 Å². The number of hydrogen-bond acceptors (Lipinski definition) is 8. The number of ether oxygens (including phenoxy) is 4. The van der Waals surface area contributed by atoms with Gasteiger partial charge in [-0.15, -0.1) is 0 Å². The van der Waals surface area contributed by atoms with E-state index in [4.69, 9.17) is 18.9 Å². The summed E-state index contributed by atoms with van der Waals surface area (Å²) in [5, 5.41) is 13.7. The second-order valence-corrected chi connectivity index (χ2v) is 7.29. The zero-order chi connectivity index (χ0) is 25.4. The summed E-state index contributed by atoms with van der Waals surface area (Å²) in [5.74, 6) is 1.03. The number of carbonyl (C=O) groups is 1. The van der Waals surface area contributed by atoms with E-state index in [1.54, 1.807) is 49.1 Å². The lowest BCUT2D eigenvalue weighted by molar-refractivity contribution is -0.384. The summed E-state index contributed by atoms with van der Waals surface area (Å²) in [4.78, 5) is 35.3. The number of pyridine rings is 1. The summed E-state index contributed by atoms with van der Waals surface area (Å²) in [6, 6.07) is 12.5. The molecule has 1 amide bonds. The van der Waals surface area contributed by atoms with E-state index in [1.165, 1.54) is 31.4 Å². The molecule has 0 bridgehead atoms. The number of nitro groups is 1. The summed E-state index contributed by atoms with van der Waals surface area (Å²) in [7, 11) is 2.96. The summed E-state index contributed by atoms with van der Waals surface area (Å²) >= 11 is 0. The normalized spacial score (nSPS) is 10.4. The molecule has 11 heteroatoms. The largest absolute Gasteiger partial charge is 0.497 e. The molecule has 1 N–H and O–H groups in total. The van der Waals surface area contributed by atoms with Crippen LogP contribution in [0.15, 0.2) is 59.5 Å². The average molecular weight is 483 g/mol. The van der Waals surface area contributed by atoms with Crippen molar-refractivity contribution in [3.8, 4) is 23.0 Å². The number of carbonyl (C=O) groups excluding carboxylic acids is 1. The fraction of sp³-hybridized carbons (Fsp3) is 0.250. The third kappa shape index (κ3) is 6.50. The van der Waals surface area contributed by atoms with Crippen molar-refractivity contribution >= 4 is 17.3 Å². The Hall–Kier alpha value is -4.54. The van der Waals surface area contributed by atoms with Crippen molar-refractivity contribution < 1.29 is 28.7 Å². The lowest BCUT2D eigenvalue weighted by Gasteiger charge is -2.15. The fourth-order valence-electron chi connectivity index (χ4n) is 3.22. The number of amides is 1. The van der Waals surface area contributed by atoms with Crippen LogP contribution in [-0.4, -0.2) is 42.8 Å². The Bertz CT molecular complexity index is 1250. The van der Waals surface area contributed by atoms with Crippen LogP contribution < -0.4 is 29.7 Å². The minimum absolute atomic E-state index is 0.0105. The highest BCUT2D eigenvalue weighted by molar-refractivity contribution is 5.94. The van der Waals surface area contributed by atoms with Crippen LogP contribution in [0, 0.1) is 17.0 Å². The smallest absolute Gasteiger partial charge is 0.296 e. The van der Waals surface area contributed by atoms with Crippen molar-refractivity contribution in [2.75, 3.05) is 32.8 Å². The molecule has 0 fully saturated rings. The quantitative estimate of drug-likeness (QED) is 0.325. The molecule has 0 aliphatic heterocycles. The number of methoxy groups -OCH3 is 2. The van der Waals surface area contributed by atoms with Gasteiger partial charge < -0.3 is 28.8 Å². The molecule has 1 aromatic heterocycles. The number of anilines is 1. The highest BCUT2D eigenvalue weighted by Crippen LogP contribution is 2.29. The van der Waals surface area contributed by atoms with Gasteiger partial charge in [0.2, 0.25) is 5.43 Å². The van der Waals surface area contributed by atoms with E-state index in [0.717, 1.165) is 5.75 Å². The Labute approximate surface area is 201 Å². The maximum atomic E-state index is 12.4. The van der Waals surface area contributed by atoms with Gasteiger partial charge in [-0.3, -0.25) is 19.7 Å². The van der Waals surface area contributed by atoms with Crippen molar-refractivity contribution in [3.05, 3.63) is 80.8 Å². The number of nitrogens with one attached hydrogen (secondary N) is 1. The number of nitro benzene ring substituents is 1. The van der Waals surface area contributed by atoms with Gasteiger partial charge in [-0.05, 0) is 43.3 Å². The summed E-state index contributed by atoms with van der Waals surface area (Å²) in [6.07, 6.45) is 1.61. The Balaban J connectivity index is 1.62. The molecule has 0 saturated carbocycles. The maximum absolute atomic E-state index is 12.4. The van der Waals surface area contributed by atoms with Crippen LogP contribution in [0.5, 0.6) is 23.0 Å². The summed E-state index contributed by atoms with van der Waals surface area (Å²) in [5.41, 5.74) is -0.216. The van der Waals surface area contributed by atoms with Crippen LogP contribution in [0.1, 0.15) is 5.69 Å². The van der Waals surface area contributed by atoms with E-state index in [0.29, 0.717) is 24.6 Å². The van der Waals surface area contributed by atoms with E-state index in [9.17, 15) is 19.7 Å². The number of benzene rings is 2. The predicted molar refractivity (Wildman–Crippen MR) is 128 cm³/mol. The number of rotatable bonds is 11. The molecule has 1 heterocycles.